The number of aromatic nitrogens is 2. The summed E-state index contributed by atoms with van der Waals surface area (Å²) in [5, 5.41) is 1.00. The van der Waals surface area contributed by atoms with Gasteiger partial charge >= 0.3 is 0 Å². The molecule has 0 bridgehead atoms. The van der Waals surface area contributed by atoms with E-state index in [-0.39, 0.29) is 4.75 Å². The van der Waals surface area contributed by atoms with Crippen LogP contribution in [0.5, 0.6) is 0 Å². The monoisotopic (exact) mass is 242 g/mol. The Morgan fingerprint density at radius 1 is 1.27 bits per heavy atom. The standard InChI is InChI=1S/C11H15ClN2S/c12-9-11(4-2-1-3-5-11)15-10-8-13-6-7-14-10/h6-8H,1-5,9H2. The van der Waals surface area contributed by atoms with E-state index in [9.17, 15) is 0 Å². The predicted molar refractivity (Wildman–Crippen MR) is 64.4 cm³/mol. The zero-order chi connectivity index (χ0) is 10.6. The molecule has 1 aromatic heterocycles. The number of alkyl halides is 1. The van der Waals surface area contributed by atoms with E-state index in [2.05, 4.69) is 9.97 Å². The SMILES string of the molecule is ClCC1(Sc2cnccn2)CCCCC1. The summed E-state index contributed by atoms with van der Waals surface area (Å²) in [6.07, 6.45) is 11.6. The van der Waals surface area contributed by atoms with Crippen molar-refractivity contribution >= 4 is 23.4 Å². The molecule has 1 aliphatic carbocycles. The summed E-state index contributed by atoms with van der Waals surface area (Å²) in [5.41, 5.74) is 0. The van der Waals surface area contributed by atoms with Crippen LogP contribution in [0.3, 0.4) is 0 Å². The number of hydrogen-bond acceptors (Lipinski definition) is 3. The van der Waals surface area contributed by atoms with Crippen LogP contribution in [0.2, 0.25) is 0 Å². The van der Waals surface area contributed by atoms with E-state index in [0.29, 0.717) is 5.88 Å². The van der Waals surface area contributed by atoms with Gasteiger partial charge in [-0.1, -0.05) is 31.0 Å². The van der Waals surface area contributed by atoms with Crippen molar-refractivity contribution in [3.05, 3.63) is 18.6 Å². The van der Waals surface area contributed by atoms with Gasteiger partial charge in [0.05, 0.1) is 6.20 Å². The first-order valence-electron chi connectivity index (χ1n) is 5.36. The molecule has 2 nitrogen and oxygen atoms in total. The molecule has 0 unspecified atom stereocenters. The smallest absolute Gasteiger partial charge is 0.115 e. The Morgan fingerprint density at radius 3 is 2.67 bits per heavy atom. The van der Waals surface area contributed by atoms with Crippen LogP contribution in [-0.2, 0) is 0 Å². The zero-order valence-corrected chi connectivity index (χ0v) is 10.2. The van der Waals surface area contributed by atoms with Crippen LogP contribution in [0.15, 0.2) is 23.6 Å². The first kappa shape index (κ1) is 11.2. The maximum atomic E-state index is 6.12. The number of halogens is 1. The van der Waals surface area contributed by atoms with Gasteiger partial charge in [-0.3, -0.25) is 4.98 Å². The van der Waals surface area contributed by atoms with Crippen LogP contribution in [-0.4, -0.2) is 20.6 Å². The molecular formula is C11H15ClN2S. The maximum Gasteiger partial charge on any atom is 0.115 e. The second-order valence-electron chi connectivity index (χ2n) is 4.02. The van der Waals surface area contributed by atoms with Gasteiger partial charge in [0.15, 0.2) is 0 Å². The molecule has 1 saturated carbocycles. The normalized spacial score (nSPS) is 20.1. The summed E-state index contributed by atoms with van der Waals surface area (Å²) in [6.45, 7) is 0. The van der Waals surface area contributed by atoms with Gasteiger partial charge in [-0.25, -0.2) is 4.98 Å². The molecule has 0 aliphatic heterocycles. The lowest BCUT2D eigenvalue weighted by Gasteiger charge is -2.34. The molecule has 0 saturated heterocycles. The van der Waals surface area contributed by atoms with Crippen LogP contribution < -0.4 is 0 Å². The highest BCUT2D eigenvalue weighted by atomic mass is 35.5. The Balaban J connectivity index is 2.07. The molecule has 4 heteroatoms. The predicted octanol–water partition coefficient (Wildman–Crippen LogP) is 3.51. The van der Waals surface area contributed by atoms with Crippen LogP contribution in [0, 0.1) is 0 Å². The summed E-state index contributed by atoms with van der Waals surface area (Å²) in [4.78, 5) is 8.40. The van der Waals surface area contributed by atoms with Gasteiger partial charge in [0.1, 0.15) is 5.03 Å². The van der Waals surface area contributed by atoms with Gasteiger partial charge < -0.3 is 0 Å². The van der Waals surface area contributed by atoms with E-state index >= 15 is 0 Å². The lowest BCUT2D eigenvalue weighted by molar-refractivity contribution is 0.425. The molecule has 0 N–H and O–H groups in total. The van der Waals surface area contributed by atoms with E-state index in [4.69, 9.17) is 11.6 Å². The van der Waals surface area contributed by atoms with E-state index < -0.39 is 0 Å². The molecular weight excluding hydrogens is 228 g/mol. The first-order valence-corrected chi connectivity index (χ1v) is 6.71. The molecule has 0 atom stereocenters. The average molecular weight is 243 g/mol. The van der Waals surface area contributed by atoms with Crippen LogP contribution in [0.25, 0.3) is 0 Å². The van der Waals surface area contributed by atoms with Gasteiger partial charge in [-0.05, 0) is 12.8 Å². The average Bonchev–Trinajstić information content (AvgIpc) is 2.32. The van der Waals surface area contributed by atoms with E-state index in [1.54, 1.807) is 24.2 Å². The van der Waals surface area contributed by atoms with Crippen molar-refractivity contribution < 1.29 is 0 Å². The fourth-order valence-corrected chi connectivity index (χ4v) is 3.67. The Morgan fingerprint density at radius 2 is 2.07 bits per heavy atom. The quantitative estimate of drug-likeness (QED) is 0.759. The summed E-state index contributed by atoms with van der Waals surface area (Å²) in [6, 6.07) is 0. The third-order valence-corrected chi connectivity index (χ3v) is 4.94. The Hall–Kier alpha value is -0.280. The molecule has 1 fully saturated rings. The van der Waals surface area contributed by atoms with Crippen LogP contribution in [0.4, 0.5) is 0 Å². The van der Waals surface area contributed by atoms with Crippen molar-refractivity contribution in [2.45, 2.75) is 41.9 Å². The van der Waals surface area contributed by atoms with Gasteiger partial charge in [0, 0.05) is 23.0 Å². The van der Waals surface area contributed by atoms with E-state index in [1.807, 2.05) is 6.20 Å². The van der Waals surface area contributed by atoms with Gasteiger partial charge in [0.2, 0.25) is 0 Å². The molecule has 0 aromatic carbocycles. The molecule has 0 amide bonds. The zero-order valence-electron chi connectivity index (χ0n) is 8.66. The first-order chi connectivity index (χ1) is 7.35. The topological polar surface area (TPSA) is 25.8 Å². The molecule has 82 valence electrons. The van der Waals surface area contributed by atoms with Crippen molar-refractivity contribution in [3.63, 3.8) is 0 Å². The number of thioether (sulfide) groups is 1. The summed E-state index contributed by atoms with van der Waals surface area (Å²) in [5.74, 6) is 0.717. The maximum absolute atomic E-state index is 6.12. The fraction of sp³-hybridized carbons (Fsp3) is 0.636. The highest BCUT2D eigenvalue weighted by Crippen LogP contribution is 2.43. The van der Waals surface area contributed by atoms with Crippen LogP contribution >= 0.6 is 23.4 Å². The number of rotatable bonds is 3. The summed E-state index contributed by atoms with van der Waals surface area (Å²) >= 11 is 7.92. The minimum Gasteiger partial charge on any atom is -0.260 e. The molecule has 0 radical (unpaired) electrons. The highest BCUT2D eigenvalue weighted by Gasteiger charge is 2.32. The van der Waals surface area contributed by atoms with Crippen molar-refractivity contribution in [2.24, 2.45) is 0 Å². The highest BCUT2D eigenvalue weighted by molar-refractivity contribution is 8.00. The number of hydrogen-bond donors (Lipinski definition) is 0. The fourth-order valence-electron chi connectivity index (χ4n) is 2.02. The lowest BCUT2D eigenvalue weighted by atomic mass is 9.90. The van der Waals surface area contributed by atoms with Crippen molar-refractivity contribution in [2.75, 3.05) is 5.88 Å². The van der Waals surface area contributed by atoms with Crippen molar-refractivity contribution in [1.29, 1.82) is 0 Å². The van der Waals surface area contributed by atoms with E-state index in [0.717, 1.165) is 5.03 Å². The van der Waals surface area contributed by atoms with Gasteiger partial charge in [-0.15, -0.1) is 11.6 Å². The summed E-state index contributed by atoms with van der Waals surface area (Å²) in [7, 11) is 0. The molecule has 0 spiro atoms. The second kappa shape index (κ2) is 5.17. The van der Waals surface area contributed by atoms with E-state index in [1.165, 1.54) is 32.1 Å². The van der Waals surface area contributed by atoms with Crippen molar-refractivity contribution in [3.8, 4) is 0 Å². The number of nitrogens with zero attached hydrogens (tertiary/aromatic N) is 2. The third-order valence-electron chi connectivity index (χ3n) is 2.87. The van der Waals surface area contributed by atoms with Crippen molar-refractivity contribution in [1.82, 2.24) is 9.97 Å². The second-order valence-corrected chi connectivity index (χ2v) is 5.78. The largest absolute Gasteiger partial charge is 0.260 e. The molecule has 1 heterocycles. The summed E-state index contributed by atoms with van der Waals surface area (Å²) < 4.78 is 0.204. The molecule has 15 heavy (non-hydrogen) atoms. The molecule has 2 rings (SSSR count). The molecule has 1 aromatic rings. The molecule has 1 aliphatic rings. The third kappa shape index (κ3) is 2.85. The van der Waals surface area contributed by atoms with Crippen LogP contribution in [0.1, 0.15) is 32.1 Å². The minimum absolute atomic E-state index is 0.204. The Bertz CT molecular complexity index is 299. The minimum atomic E-state index is 0.204. The van der Waals surface area contributed by atoms with Gasteiger partial charge in [-0.2, -0.15) is 0 Å². The Kier molecular flexibility index (Phi) is 3.87. The Labute approximate surface area is 99.8 Å². The lowest BCUT2D eigenvalue weighted by Crippen LogP contribution is -2.29. The van der Waals surface area contributed by atoms with Gasteiger partial charge in [0.25, 0.3) is 0 Å².